The minimum atomic E-state index is -0.912. The fourth-order valence-corrected chi connectivity index (χ4v) is 2.63. The van der Waals surface area contributed by atoms with Gasteiger partial charge in [-0.25, -0.2) is 9.78 Å². The fourth-order valence-electron chi connectivity index (χ4n) is 2.63. The minimum absolute atomic E-state index is 0.287. The second-order valence-corrected chi connectivity index (χ2v) is 6.41. The van der Waals surface area contributed by atoms with E-state index in [-0.39, 0.29) is 5.56 Å². The second kappa shape index (κ2) is 4.83. The Balaban J connectivity index is 2.16. The van der Waals surface area contributed by atoms with Gasteiger partial charge in [-0.1, -0.05) is 20.8 Å². The highest BCUT2D eigenvalue weighted by Crippen LogP contribution is 2.35. The first kappa shape index (κ1) is 13.8. The molecule has 1 aliphatic heterocycles. The van der Waals surface area contributed by atoms with Crippen LogP contribution in [-0.4, -0.2) is 29.1 Å². The van der Waals surface area contributed by atoms with E-state index in [1.807, 2.05) is 6.07 Å². The smallest absolute Gasteiger partial charge is 0.337 e. The number of aromatic carboxylic acids is 1. The summed E-state index contributed by atoms with van der Waals surface area (Å²) in [5.41, 5.74) is 1.18. The van der Waals surface area contributed by atoms with Gasteiger partial charge in [-0.05, 0) is 36.8 Å². The number of rotatable bonds is 2. The van der Waals surface area contributed by atoms with Crippen molar-refractivity contribution in [3.8, 4) is 0 Å². The van der Waals surface area contributed by atoms with Crippen LogP contribution in [0.5, 0.6) is 0 Å². The molecule has 2 heterocycles. The Kier molecular flexibility index (Phi) is 3.52. The summed E-state index contributed by atoms with van der Waals surface area (Å²) in [6.45, 7) is 10.6. The molecule has 1 aromatic rings. The second-order valence-electron chi connectivity index (χ2n) is 6.41. The fraction of sp³-hybridized carbons (Fsp3) is 0.600. The van der Waals surface area contributed by atoms with Crippen LogP contribution in [0.3, 0.4) is 0 Å². The van der Waals surface area contributed by atoms with E-state index in [1.54, 1.807) is 13.0 Å². The van der Waals surface area contributed by atoms with Crippen LogP contribution >= 0.6 is 0 Å². The first-order valence-electron chi connectivity index (χ1n) is 6.75. The number of nitrogens with zero attached hydrogens (tertiary/aromatic N) is 2. The molecule has 104 valence electrons. The lowest BCUT2D eigenvalue weighted by Crippen LogP contribution is -2.26. The molecule has 1 aliphatic rings. The molecule has 1 saturated heterocycles. The van der Waals surface area contributed by atoms with Crippen LogP contribution in [0.15, 0.2) is 12.1 Å². The number of carboxylic acids is 1. The Hall–Kier alpha value is -1.58. The van der Waals surface area contributed by atoms with Crippen LogP contribution in [-0.2, 0) is 0 Å². The van der Waals surface area contributed by atoms with E-state index in [0.717, 1.165) is 18.9 Å². The average molecular weight is 262 g/mol. The van der Waals surface area contributed by atoms with E-state index < -0.39 is 5.97 Å². The Morgan fingerprint density at radius 2 is 2.11 bits per heavy atom. The molecule has 0 bridgehead atoms. The van der Waals surface area contributed by atoms with E-state index >= 15 is 0 Å². The number of hydrogen-bond acceptors (Lipinski definition) is 3. The number of anilines is 1. The maximum absolute atomic E-state index is 11.0. The van der Waals surface area contributed by atoms with Crippen LogP contribution < -0.4 is 4.90 Å². The number of hydrogen-bond donors (Lipinski definition) is 1. The van der Waals surface area contributed by atoms with E-state index in [9.17, 15) is 4.79 Å². The maximum atomic E-state index is 11.0. The van der Waals surface area contributed by atoms with Gasteiger partial charge < -0.3 is 10.0 Å². The van der Waals surface area contributed by atoms with Crippen LogP contribution in [0.1, 0.15) is 43.2 Å². The SMILES string of the molecule is Cc1nc(N2CCC(C(C)(C)C)C2)ccc1C(=O)O. The van der Waals surface area contributed by atoms with Gasteiger partial charge in [0.05, 0.1) is 11.3 Å². The van der Waals surface area contributed by atoms with Crippen LogP contribution in [0.25, 0.3) is 0 Å². The van der Waals surface area contributed by atoms with E-state index in [2.05, 4.69) is 30.7 Å². The van der Waals surface area contributed by atoms with E-state index in [0.29, 0.717) is 17.0 Å². The predicted octanol–water partition coefficient (Wildman–Crippen LogP) is 2.96. The van der Waals surface area contributed by atoms with Crippen molar-refractivity contribution in [3.05, 3.63) is 23.4 Å². The van der Waals surface area contributed by atoms with Gasteiger partial charge in [0.2, 0.25) is 0 Å². The summed E-state index contributed by atoms with van der Waals surface area (Å²) in [7, 11) is 0. The van der Waals surface area contributed by atoms with Gasteiger partial charge in [0.15, 0.2) is 0 Å². The van der Waals surface area contributed by atoms with Crippen molar-refractivity contribution in [3.63, 3.8) is 0 Å². The van der Waals surface area contributed by atoms with Gasteiger partial charge in [0.1, 0.15) is 5.82 Å². The van der Waals surface area contributed by atoms with Crippen molar-refractivity contribution < 1.29 is 9.90 Å². The Morgan fingerprint density at radius 1 is 1.42 bits per heavy atom. The maximum Gasteiger partial charge on any atom is 0.337 e. The molecule has 1 atom stereocenters. The molecule has 1 N–H and O–H groups in total. The van der Waals surface area contributed by atoms with Crippen molar-refractivity contribution in [2.75, 3.05) is 18.0 Å². The normalized spacial score (nSPS) is 19.8. The van der Waals surface area contributed by atoms with Crippen molar-refractivity contribution in [2.45, 2.75) is 34.1 Å². The first-order valence-corrected chi connectivity index (χ1v) is 6.75. The molecule has 4 nitrogen and oxygen atoms in total. The standard InChI is InChI=1S/C15H22N2O2/c1-10-12(14(18)19)5-6-13(16-10)17-8-7-11(9-17)15(2,3)4/h5-6,11H,7-9H2,1-4H3,(H,18,19). The van der Waals surface area contributed by atoms with Gasteiger partial charge in [0.25, 0.3) is 0 Å². The first-order chi connectivity index (χ1) is 8.79. The minimum Gasteiger partial charge on any atom is -0.478 e. The molecule has 0 radical (unpaired) electrons. The molecule has 0 aliphatic carbocycles. The molecule has 0 amide bonds. The molecular weight excluding hydrogens is 240 g/mol. The number of aromatic nitrogens is 1. The molecule has 0 aromatic carbocycles. The zero-order chi connectivity index (χ0) is 14.2. The summed E-state index contributed by atoms with van der Waals surface area (Å²) in [6.07, 6.45) is 1.17. The van der Waals surface area contributed by atoms with Crippen molar-refractivity contribution in [2.24, 2.45) is 11.3 Å². The summed E-state index contributed by atoms with van der Waals surface area (Å²) >= 11 is 0. The highest BCUT2D eigenvalue weighted by Gasteiger charge is 2.32. The molecule has 0 saturated carbocycles. The highest BCUT2D eigenvalue weighted by atomic mass is 16.4. The summed E-state index contributed by atoms with van der Waals surface area (Å²) < 4.78 is 0. The van der Waals surface area contributed by atoms with Crippen LogP contribution in [0, 0.1) is 18.3 Å². The summed E-state index contributed by atoms with van der Waals surface area (Å²) in [4.78, 5) is 17.7. The Labute approximate surface area is 114 Å². The van der Waals surface area contributed by atoms with E-state index in [4.69, 9.17) is 5.11 Å². The molecule has 1 unspecified atom stereocenters. The summed E-state index contributed by atoms with van der Waals surface area (Å²) in [6, 6.07) is 3.48. The molecule has 2 rings (SSSR count). The lowest BCUT2D eigenvalue weighted by atomic mass is 9.80. The number of pyridine rings is 1. The molecule has 1 fully saturated rings. The summed E-state index contributed by atoms with van der Waals surface area (Å²) in [5.74, 6) is 0.647. The monoisotopic (exact) mass is 262 g/mol. The Morgan fingerprint density at radius 3 is 2.58 bits per heavy atom. The molecule has 4 heteroatoms. The van der Waals surface area contributed by atoms with Crippen LogP contribution in [0.4, 0.5) is 5.82 Å². The lowest BCUT2D eigenvalue weighted by Gasteiger charge is -2.27. The van der Waals surface area contributed by atoms with Gasteiger partial charge in [0, 0.05) is 13.1 Å². The topological polar surface area (TPSA) is 53.4 Å². The van der Waals surface area contributed by atoms with E-state index in [1.165, 1.54) is 6.42 Å². The molecule has 1 aromatic heterocycles. The van der Waals surface area contributed by atoms with Gasteiger partial charge >= 0.3 is 5.97 Å². The quantitative estimate of drug-likeness (QED) is 0.890. The molecule has 19 heavy (non-hydrogen) atoms. The zero-order valence-corrected chi connectivity index (χ0v) is 12.1. The average Bonchev–Trinajstić information content (AvgIpc) is 2.76. The third kappa shape index (κ3) is 2.88. The molecular formula is C15H22N2O2. The zero-order valence-electron chi connectivity index (χ0n) is 12.1. The largest absolute Gasteiger partial charge is 0.478 e. The predicted molar refractivity (Wildman–Crippen MR) is 75.7 cm³/mol. The third-order valence-electron chi connectivity index (χ3n) is 4.04. The van der Waals surface area contributed by atoms with Gasteiger partial charge in [-0.2, -0.15) is 0 Å². The summed E-state index contributed by atoms with van der Waals surface area (Å²) in [5, 5.41) is 9.02. The highest BCUT2D eigenvalue weighted by molar-refractivity contribution is 5.89. The number of aryl methyl sites for hydroxylation is 1. The van der Waals surface area contributed by atoms with Crippen molar-refractivity contribution >= 4 is 11.8 Å². The van der Waals surface area contributed by atoms with Gasteiger partial charge in [-0.15, -0.1) is 0 Å². The molecule has 0 spiro atoms. The third-order valence-corrected chi connectivity index (χ3v) is 4.04. The van der Waals surface area contributed by atoms with Crippen molar-refractivity contribution in [1.29, 1.82) is 0 Å². The van der Waals surface area contributed by atoms with Gasteiger partial charge in [-0.3, -0.25) is 0 Å². The number of carbonyl (C=O) groups is 1. The van der Waals surface area contributed by atoms with Crippen molar-refractivity contribution in [1.82, 2.24) is 4.98 Å². The Bertz CT molecular complexity index is 491. The lowest BCUT2D eigenvalue weighted by molar-refractivity contribution is 0.0695. The van der Waals surface area contributed by atoms with Crippen LogP contribution in [0.2, 0.25) is 0 Å². The number of carboxylic acid groups (broad SMARTS) is 1.